The smallest absolute Gasteiger partial charge is 0.315 e. The van der Waals surface area contributed by atoms with Gasteiger partial charge in [0.05, 0.1) is 11.4 Å². The van der Waals surface area contributed by atoms with Gasteiger partial charge in [0.2, 0.25) is 11.8 Å². The van der Waals surface area contributed by atoms with Crippen molar-refractivity contribution in [3.8, 4) is 5.69 Å². The maximum Gasteiger partial charge on any atom is 0.324 e. The highest BCUT2D eigenvalue weighted by Gasteiger charge is 2.26. The summed E-state index contributed by atoms with van der Waals surface area (Å²) in [7, 11) is 0. The number of carbonyl (C=O) groups excluding carboxylic acids is 3. The molecule has 0 radical (unpaired) electrons. The molecule has 0 saturated carbocycles. The summed E-state index contributed by atoms with van der Waals surface area (Å²) in [6, 6.07) is 6.92. The first-order valence-electron chi connectivity index (χ1n) is 8.88. The standard InChI is InChI=1S/C19H22FN5O3/c1-19(2,3)14-10-15(25(23-14)13-6-4-12(20)5-7-13)21-17(27)11-24-9-8-16(26)22-18(24)28/h4-7,10H,8-9,11H2,1-3H3,(H,21,27)(H,22,26,28). The van der Waals surface area contributed by atoms with Crippen molar-refractivity contribution in [3.05, 3.63) is 41.8 Å². The van der Waals surface area contributed by atoms with Crippen LogP contribution in [0.5, 0.6) is 0 Å². The third kappa shape index (κ3) is 4.36. The molecule has 1 aliphatic heterocycles. The fraction of sp³-hybridized carbons (Fsp3) is 0.368. The maximum absolute atomic E-state index is 13.3. The van der Waals surface area contributed by atoms with Gasteiger partial charge in [0.25, 0.3) is 0 Å². The second-order valence-electron chi connectivity index (χ2n) is 7.63. The molecule has 2 aromatic rings. The Morgan fingerprint density at radius 1 is 1.25 bits per heavy atom. The molecule has 0 unspecified atom stereocenters. The summed E-state index contributed by atoms with van der Waals surface area (Å²) in [4.78, 5) is 36.8. The number of benzene rings is 1. The van der Waals surface area contributed by atoms with E-state index < -0.39 is 11.9 Å². The fourth-order valence-corrected chi connectivity index (χ4v) is 2.72. The lowest BCUT2D eigenvalue weighted by atomic mass is 9.92. The van der Waals surface area contributed by atoms with Crippen LogP contribution in [0.2, 0.25) is 0 Å². The van der Waals surface area contributed by atoms with Gasteiger partial charge >= 0.3 is 6.03 Å². The lowest BCUT2D eigenvalue weighted by Crippen LogP contribution is -2.51. The Morgan fingerprint density at radius 3 is 2.54 bits per heavy atom. The number of anilines is 1. The number of imide groups is 1. The van der Waals surface area contributed by atoms with Crippen LogP contribution in [-0.4, -0.2) is 45.6 Å². The zero-order valence-corrected chi connectivity index (χ0v) is 16.0. The van der Waals surface area contributed by atoms with E-state index in [0.717, 1.165) is 5.69 Å². The number of rotatable bonds is 4. The molecule has 1 aromatic carbocycles. The summed E-state index contributed by atoms with van der Waals surface area (Å²) in [5, 5.41) is 9.48. The highest BCUT2D eigenvalue weighted by atomic mass is 19.1. The third-order valence-electron chi connectivity index (χ3n) is 4.29. The number of carbonyl (C=O) groups is 3. The Hall–Kier alpha value is -3.23. The van der Waals surface area contributed by atoms with Crippen molar-refractivity contribution in [3.63, 3.8) is 0 Å². The van der Waals surface area contributed by atoms with Gasteiger partial charge in [-0.2, -0.15) is 5.10 Å². The van der Waals surface area contributed by atoms with Crippen LogP contribution >= 0.6 is 0 Å². The molecule has 0 atom stereocenters. The first-order chi connectivity index (χ1) is 13.1. The van der Waals surface area contributed by atoms with Gasteiger partial charge in [-0.1, -0.05) is 20.8 Å². The summed E-state index contributed by atoms with van der Waals surface area (Å²) in [5.74, 6) is -0.739. The second kappa shape index (κ2) is 7.41. The minimum absolute atomic E-state index is 0.153. The zero-order chi connectivity index (χ0) is 20.5. The van der Waals surface area contributed by atoms with E-state index in [1.165, 1.54) is 21.7 Å². The van der Waals surface area contributed by atoms with E-state index >= 15 is 0 Å². The summed E-state index contributed by atoms with van der Waals surface area (Å²) in [6.45, 7) is 5.96. The first-order valence-corrected chi connectivity index (χ1v) is 8.88. The first kappa shape index (κ1) is 19.5. The number of nitrogens with zero attached hydrogens (tertiary/aromatic N) is 3. The van der Waals surface area contributed by atoms with E-state index in [4.69, 9.17) is 0 Å². The monoisotopic (exact) mass is 387 g/mol. The predicted octanol–water partition coefficient (Wildman–Crippen LogP) is 2.19. The van der Waals surface area contributed by atoms with Gasteiger partial charge in [-0.3, -0.25) is 14.9 Å². The van der Waals surface area contributed by atoms with Crippen molar-refractivity contribution >= 4 is 23.7 Å². The summed E-state index contributed by atoms with van der Waals surface area (Å²) in [5.41, 5.74) is 1.07. The number of amides is 4. The highest BCUT2D eigenvalue weighted by molar-refractivity contribution is 5.99. The SMILES string of the molecule is CC(C)(C)c1cc(NC(=O)CN2CCC(=O)NC2=O)n(-c2ccc(F)cc2)n1. The number of hydrogen-bond donors (Lipinski definition) is 2. The van der Waals surface area contributed by atoms with E-state index in [2.05, 4.69) is 15.7 Å². The molecule has 2 heterocycles. The molecular formula is C19H22FN5O3. The van der Waals surface area contributed by atoms with E-state index in [0.29, 0.717) is 11.5 Å². The molecule has 1 saturated heterocycles. The fourth-order valence-electron chi connectivity index (χ4n) is 2.72. The zero-order valence-electron chi connectivity index (χ0n) is 16.0. The van der Waals surface area contributed by atoms with Crippen LogP contribution in [0.3, 0.4) is 0 Å². The molecule has 0 aliphatic carbocycles. The van der Waals surface area contributed by atoms with Crippen molar-refractivity contribution in [2.24, 2.45) is 0 Å². The van der Waals surface area contributed by atoms with Crippen molar-refractivity contribution in [2.75, 3.05) is 18.4 Å². The van der Waals surface area contributed by atoms with Gasteiger partial charge < -0.3 is 10.2 Å². The average Bonchev–Trinajstić information content (AvgIpc) is 3.02. The van der Waals surface area contributed by atoms with Crippen LogP contribution < -0.4 is 10.6 Å². The third-order valence-corrected chi connectivity index (χ3v) is 4.29. The molecule has 1 aliphatic rings. The average molecular weight is 387 g/mol. The van der Waals surface area contributed by atoms with E-state index in [-0.39, 0.29) is 36.6 Å². The van der Waals surface area contributed by atoms with Gasteiger partial charge in [-0.15, -0.1) is 0 Å². The molecule has 1 aromatic heterocycles. The topological polar surface area (TPSA) is 96.3 Å². The van der Waals surface area contributed by atoms with Crippen LogP contribution in [-0.2, 0) is 15.0 Å². The Kier molecular flexibility index (Phi) is 5.17. The largest absolute Gasteiger partial charge is 0.324 e. The van der Waals surface area contributed by atoms with Crippen LogP contribution in [0, 0.1) is 5.82 Å². The lowest BCUT2D eigenvalue weighted by Gasteiger charge is -2.25. The molecule has 0 bridgehead atoms. The Balaban J connectivity index is 1.83. The molecule has 28 heavy (non-hydrogen) atoms. The lowest BCUT2D eigenvalue weighted by molar-refractivity contribution is -0.123. The number of nitrogens with one attached hydrogen (secondary N) is 2. The Bertz CT molecular complexity index is 915. The maximum atomic E-state index is 13.3. The molecule has 1 fully saturated rings. The normalized spacial score (nSPS) is 14.8. The van der Waals surface area contributed by atoms with Crippen molar-refractivity contribution in [1.29, 1.82) is 0 Å². The Morgan fingerprint density at radius 2 is 1.93 bits per heavy atom. The van der Waals surface area contributed by atoms with Crippen molar-refractivity contribution < 1.29 is 18.8 Å². The van der Waals surface area contributed by atoms with Crippen LogP contribution in [0.25, 0.3) is 5.69 Å². The van der Waals surface area contributed by atoms with Crippen molar-refractivity contribution in [1.82, 2.24) is 20.0 Å². The van der Waals surface area contributed by atoms with Crippen LogP contribution in [0.4, 0.5) is 15.0 Å². The number of halogens is 1. The molecular weight excluding hydrogens is 365 g/mol. The highest BCUT2D eigenvalue weighted by Crippen LogP contribution is 2.26. The second-order valence-corrected chi connectivity index (χ2v) is 7.63. The Labute approximate surface area is 161 Å². The molecule has 2 N–H and O–H groups in total. The molecule has 8 nitrogen and oxygen atoms in total. The number of hydrogen-bond acceptors (Lipinski definition) is 4. The minimum Gasteiger partial charge on any atom is -0.315 e. The quantitative estimate of drug-likeness (QED) is 0.841. The van der Waals surface area contributed by atoms with E-state index in [9.17, 15) is 18.8 Å². The van der Waals surface area contributed by atoms with Gasteiger partial charge in [-0.25, -0.2) is 13.9 Å². The molecule has 148 valence electrons. The van der Waals surface area contributed by atoms with Crippen molar-refractivity contribution in [2.45, 2.75) is 32.6 Å². The summed E-state index contributed by atoms with van der Waals surface area (Å²) >= 11 is 0. The van der Waals surface area contributed by atoms with E-state index in [1.807, 2.05) is 20.8 Å². The predicted molar refractivity (Wildman–Crippen MR) is 101 cm³/mol. The summed E-state index contributed by atoms with van der Waals surface area (Å²) in [6.07, 6.45) is 0.153. The summed E-state index contributed by atoms with van der Waals surface area (Å²) < 4.78 is 14.8. The molecule has 9 heteroatoms. The van der Waals surface area contributed by atoms with Gasteiger partial charge in [0, 0.05) is 24.4 Å². The number of aromatic nitrogens is 2. The van der Waals surface area contributed by atoms with Crippen LogP contribution in [0.1, 0.15) is 32.9 Å². The van der Waals surface area contributed by atoms with Gasteiger partial charge in [0.15, 0.2) is 0 Å². The van der Waals surface area contributed by atoms with Gasteiger partial charge in [0.1, 0.15) is 18.2 Å². The van der Waals surface area contributed by atoms with Crippen LogP contribution in [0.15, 0.2) is 30.3 Å². The number of urea groups is 1. The van der Waals surface area contributed by atoms with Gasteiger partial charge in [-0.05, 0) is 24.3 Å². The molecule has 4 amide bonds. The minimum atomic E-state index is -0.589. The molecule has 0 spiro atoms. The van der Waals surface area contributed by atoms with E-state index in [1.54, 1.807) is 18.2 Å². The molecule has 3 rings (SSSR count).